The monoisotopic (exact) mass is 370 g/mol. The Balaban J connectivity index is 6.12. The van der Waals surface area contributed by atoms with E-state index in [9.17, 15) is 29.4 Å². The number of Topliss-reactive ketones (excluding diaryl/α,β-unsaturated/α-hetero) is 2. The van der Waals surface area contributed by atoms with Crippen molar-refractivity contribution in [1.82, 2.24) is 0 Å². The largest absolute Gasteiger partial charge is 0.480 e. The van der Waals surface area contributed by atoms with Crippen LogP contribution < -0.4 is 11.5 Å². The number of hydrogen-bond donors (Lipinski definition) is 4. The van der Waals surface area contributed by atoms with Gasteiger partial charge in [-0.15, -0.1) is 0 Å². The molecule has 0 aromatic heterocycles. The van der Waals surface area contributed by atoms with Gasteiger partial charge in [-0.25, -0.2) is 9.59 Å². The van der Waals surface area contributed by atoms with E-state index < -0.39 is 34.6 Å². The zero-order valence-electron chi connectivity index (χ0n) is 16.3. The third-order valence-corrected chi connectivity index (χ3v) is 4.28. The van der Waals surface area contributed by atoms with Crippen LogP contribution in [0.3, 0.4) is 0 Å². The minimum atomic E-state index is -2.20. The standard InChI is InChI=1S/C18H30N2O6/c1-9(2)7-17(19,15(23)24)13(21)11(5)12(6)14(22)18(20,16(25)26)8-10(3)4/h9-10H,7-8,19-20H2,1-6H3,(H,23,24)(H,25,26)/b12-11-. The topological polar surface area (TPSA) is 161 Å². The summed E-state index contributed by atoms with van der Waals surface area (Å²) in [5.74, 6) is -5.23. The van der Waals surface area contributed by atoms with Crippen LogP contribution in [0, 0.1) is 11.8 Å². The highest BCUT2D eigenvalue weighted by atomic mass is 16.4. The first kappa shape index (κ1) is 23.9. The predicted octanol–water partition coefficient (Wildman–Crippen LogP) is 1.12. The van der Waals surface area contributed by atoms with Crippen LogP contribution in [0.2, 0.25) is 0 Å². The summed E-state index contributed by atoms with van der Waals surface area (Å²) in [5.41, 5.74) is 6.88. The molecule has 0 aliphatic carbocycles. The second-order valence-electron chi connectivity index (χ2n) is 7.66. The minimum Gasteiger partial charge on any atom is -0.480 e. The quantitative estimate of drug-likeness (QED) is 0.328. The summed E-state index contributed by atoms with van der Waals surface area (Å²) in [7, 11) is 0. The van der Waals surface area contributed by atoms with Crippen molar-refractivity contribution in [2.45, 2.75) is 65.5 Å². The van der Waals surface area contributed by atoms with Crippen LogP contribution in [-0.2, 0) is 19.2 Å². The fourth-order valence-electron chi connectivity index (χ4n) is 2.85. The van der Waals surface area contributed by atoms with Crippen LogP contribution in [-0.4, -0.2) is 44.8 Å². The van der Waals surface area contributed by atoms with E-state index in [0.29, 0.717) is 0 Å². The molecule has 0 aromatic rings. The van der Waals surface area contributed by atoms with Crippen molar-refractivity contribution in [3.63, 3.8) is 0 Å². The molecular weight excluding hydrogens is 340 g/mol. The van der Waals surface area contributed by atoms with Gasteiger partial charge in [-0.05, 0) is 38.5 Å². The van der Waals surface area contributed by atoms with Crippen LogP contribution in [0.5, 0.6) is 0 Å². The molecule has 0 amide bonds. The van der Waals surface area contributed by atoms with Crippen LogP contribution in [0.25, 0.3) is 0 Å². The minimum absolute atomic E-state index is 0.126. The summed E-state index contributed by atoms with van der Waals surface area (Å²) >= 11 is 0. The lowest BCUT2D eigenvalue weighted by Crippen LogP contribution is -2.58. The number of hydrogen-bond acceptors (Lipinski definition) is 6. The summed E-state index contributed by atoms with van der Waals surface area (Å²) in [4.78, 5) is 48.6. The number of rotatable bonds is 10. The van der Waals surface area contributed by atoms with E-state index in [4.69, 9.17) is 11.5 Å². The molecule has 2 atom stereocenters. The van der Waals surface area contributed by atoms with Crippen LogP contribution in [0.4, 0.5) is 0 Å². The van der Waals surface area contributed by atoms with Crippen molar-refractivity contribution < 1.29 is 29.4 Å². The predicted molar refractivity (Wildman–Crippen MR) is 96.4 cm³/mol. The lowest BCUT2D eigenvalue weighted by atomic mass is 9.78. The summed E-state index contributed by atoms with van der Waals surface area (Å²) in [5, 5.41) is 18.8. The molecule has 0 aliphatic heterocycles. The van der Waals surface area contributed by atoms with E-state index >= 15 is 0 Å². The first-order chi connectivity index (χ1) is 11.6. The molecule has 0 heterocycles. The van der Waals surface area contributed by atoms with E-state index in [1.54, 1.807) is 27.7 Å². The van der Waals surface area contributed by atoms with Gasteiger partial charge >= 0.3 is 11.9 Å². The Bertz CT molecular complexity index is 584. The summed E-state index contributed by atoms with van der Waals surface area (Å²) < 4.78 is 0. The average Bonchev–Trinajstić information content (AvgIpc) is 2.49. The number of carbonyl (C=O) groups excluding carboxylic acids is 2. The van der Waals surface area contributed by atoms with Gasteiger partial charge in [0.25, 0.3) is 0 Å². The molecule has 0 saturated carbocycles. The highest BCUT2D eigenvalue weighted by Crippen LogP contribution is 2.25. The normalized spacial score (nSPS) is 17.3. The Hall–Kier alpha value is -2.06. The lowest BCUT2D eigenvalue weighted by molar-refractivity contribution is -0.150. The van der Waals surface area contributed by atoms with Gasteiger partial charge < -0.3 is 21.7 Å². The van der Waals surface area contributed by atoms with Gasteiger partial charge in [-0.3, -0.25) is 9.59 Å². The Morgan fingerprint density at radius 1 is 0.731 bits per heavy atom. The summed E-state index contributed by atoms with van der Waals surface area (Å²) in [6, 6.07) is 0. The van der Waals surface area contributed by atoms with Gasteiger partial charge in [0.05, 0.1) is 0 Å². The van der Waals surface area contributed by atoms with Crippen molar-refractivity contribution >= 4 is 23.5 Å². The second-order valence-corrected chi connectivity index (χ2v) is 7.66. The molecule has 0 aliphatic rings. The first-order valence-electron chi connectivity index (χ1n) is 8.42. The van der Waals surface area contributed by atoms with Crippen molar-refractivity contribution in [3.05, 3.63) is 11.1 Å². The van der Waals surface area contributed by atoms with Gasteiger partial charge in [0.2, 0.25) is 0 Å². The Labute approximate surface area is 153 Å². The molecule has 0 radical (unpaired) electrons. The van der Waals surface area contributed by atoms with Crippen molar-refractivity contribution in [2.75, 3.05) is 0 Å². The maximum absolute atomic E-state index is 12.7. The van der Waals surface area contributed by atoms with E-state index in [-0.39, 0.29) is 35.8 Å². The van der Waals surface area contributed by atoms with Crippen LogP contribution in [0.15, 0.2) is 11.1 Å². The highest BCUT2D eigenvalue weighted by Gasteiger charge is 2.47. The molecule has 0 saturated heterocycles. The van der Waals surface area contributed by atoms with Crippen molar-refractivity contribution in [3.8, 4) is 0 Å². The molecule has 0 rings (SSSR count). The number of carboxylic acids is 2. The molecular formula is C18H30N2O6. The van der Waals surface area contributed by atoms with Crippen LogP contribution >= 0.6 is 0 Å². The first-order valence-corrected chi connectivity index (χ1v) is 8.42. The maximum atomic E-state index is 12.7. The highest BCUT2D eigenvalue weighted by molar-refractivity contribution is 6.22. The number of carboxylic acid groups (broad SMARTS) is 2. The molecule has 26 heavy (non-hydrogen) atoms. The van der Waals surface area contributed by atoms with E-state index in [1.165, 1.54) is 13.8 Å². The Kier molecular flexibility index (Phi) is 7.87. The summed E-state index contributed by atoms with van der Waals surface area (Å²) in [6.07, 6.45) is -0.253. The third-order valence-electron chi connectivity index (χ3n) is 4.28. The molecule has 0 fully saturated rings. The van der Waals surface area contributed by atoms with E-state index in [0.717, 1.165) is 0 Å². The molecule has 148 valence electrons. The van der Waals surface area contributed by atoms with Gasteiger partial charge in [0.15, 0.2) is 22.6 Å². The van der Waals surface area contributed by atoms with Gasteiger partial charge in [-0.2, -0.15) is 0 Å². The van der Waals surface area contributed by atoms with Gasteiger partial charge in [-0.1, -0.05) is 27.7 Å². The van der Waals surface area contributed by atoms with E-state index in [1.807, 2.05) is 0 Å². The lowest BCUT2D eigenvalue weighted by Gasteiger charge is -2.28. The van der Waals surface area contributed by atoms with Crippen LogP contribution in [0.1, 0.15) is 54.4 Å². The molecule has 2 unspecified atom stereocenters. The zero-order valence-corrected chi connectivity index (χ0v) is 16.3. The number of nitrogens with two attached hydrogens (primary N) is 2. The fourth-order valence-corrected chi connectivity index (χ4v) is 2.85. The molecule has 6 N–H and O–H groups in total. The smallest absolute Gasteiger partial charge is 0.331 e. The number of aliphatic carboxylic acids is 2. The Morgan fingerprint density at radius 2 is 0.962 bits per heavy atom. The second kappa shape index (κ2) is 8.55. The maximum Gasteiger partial charge on any atom is 0.331 e. The zero-order chi connectivity index (χ0) is 21.0. The molecule has 8 nitrogen and oxygen atoms in total. The number of ketones is 2. The van der Waals surface area contributed by atoms with Gasteiger partial charge in [0.1, 0.15) is 0 Å². The SMILES string of the molecule is C/C(C(=O)C(N)(CC(C)C)C(=O)O)=C(\C)C(=O)C(N)(CC(C)C)C(=O)O. The number of carbonyl (C=O) groups is 4. The Morgan fingerprint density at radius 3 is 1.12 bits per heavy atom. The van der Waals surface area contributed by atoms with Crippen molar-refractivity contribution in [2.24, 2.45) is 23.3 Å². The molecule has 0 aromatic carbocycles. The molecule has 0 bridgehead atoms. The van der Waals surface area contributed by atoms with E-state index in [2.05, 4.69) is 0 Å². The third kappa shape index (κ3) is 4.98. The molecule has 8 heteroatoms. The van der Waals surface area contributed by atoms with Crippen molar-refractivity contribution in [1.29, 1.82) is 0 Å². The fraction of sp³-hybridized carbons (Fsp3) is 0.667. The summed E-state index contributed by atoms with van der Waals surface area (Å²) in [6.45, 7) is 9.38. The van der Waals surface area contributed by atoms with Gasteiger partial charge in [0, 0.05) is 11.1 Å². The average molecular weight is 370 g/mol. The molecule has 0 spiro atoms.